The quantitative estimate of drug-likeness (QED) is 0.603. The van der Waals surface area contributed by atoms with Crippen molar-refractivity contribution in [1.82, 2.24) is 0 Å². The van der Waals surface area contributed by atoms with Gasteiger partial charge in [0.05, 0.1) is 0 Å². The number of benzene rings is 2. The topological polar surface area (TPSA) is 52.6 Å². The summed E-state index contributed by atoms with van der Waals surface area (Å²) in [5.41, 5.74) is 0.637. The van der Waals surface area contributed by atoms with Gasteiger partial charge < -0.3 is 9.47 Å². The van der Waals surface area contributed by atoms with Gasteiger partial charge in [-0.15, -0.1) is 0 Å². The van der Waals surface area contributed by atoms with Crippen LogP contribution in [0.5, 0.6) is 0 Å². The molecule has 3 rings (SSSR count). The van der Waals surface area contributed by atoms with Gasteiger partial charge in [-0.1, -0.05) is 43.0 Å². The zero-order valence-electron chi connectivity index (χ0n) is 14.4. The predicted molar refractivity (Wildman–Crippen MR) is 96.0 cm³/mol. The molecule has 1 saturated carbocycles. The third-order valence-electron chi connectivity index (χ3n) is 4.67. The Kier molecular flexibility index (Phi) is 4.88. The molecule has 0 N–H and O–H groups in total. The normalized spacial score (nSPS) is 15.7. The van der Waals surface area contributed by atoms with Gasteiger partial charge in [0.1, 0.15) is 5.60 Å². The molecule has 0 spiro atoms. The second-order valence-corrected chi connectivity index (χ2v) is 6.59. The largest absolute Gasteiger partial charge is 0.452 e. The fraction of sp³-hybridized carbons (Fsp3) is 0.333. The Morgan fingerprint density at radius 1 is 1.08 bits per heavy atom. The lowest BCUT2D eigenvalue weighted by Gasteiger charge is -2.30. The highest BCUT2D eigenvalue weighted by molar-refractivity contribution is 5.88. The van der Waals surface area contributed by atoms with Crippen LogP contribution >= 0.6 is 0 Å². The van der Waals surface area contributed by atoms with Crippen molar-refractivity contribution in [1.29, 1.82) is 0 Å². The lowest BCUT2D eigenvalue weighted by atomic mass is 9.90. The van der Waals surface area contributed by atoms with Gasteiger partial charge in [0.15, 0.2) is 6.61 Å². The van der Waals surface area contributed by atoms with Gasteiger partial charge >= 0.3 is 11.9 Å². The first kappa shape index (κ1) is 17.2. The van der Waals surface area contributed by atoms with Gasteiger partial charge in [-0.05, 0) is 55.0 Å². The molecule has 25 heavy (non-hydrogen) atoms. The molecule has 130 valence electrons. The highest BCUT2D eigenvalue weighted by atomic mass is 16.6. The first-order chi connectivity index (χ1) is 12.0. The molecule has 1 aliphatic rings. The number of esters is 2. The van der Waals surface area contributed by atoms with Crippen molar-refractivity contribution in [3.05, 3.63) is 60.2 Å². The molecule has 0 unspecified atom stereocenters. The number of hydrogen-bond donors (Lipinski definition) is 0. The lowest BCUT2D eigenvalue weighted by Crippen LogP contribution is -2.31. The molecule has 1 aliphatic carbocycles. The number of carbonyl (C=O) groups excluding carboxylic acids is 2. The molecule has 0 saturated heterocycles. The summed E-state index contributed by atoms with van der Waals surface area (Å²) in [4.78, 5) is 23.7. The van der Waals surface area contributed by atoms with Crippen molar-refractivity contribution >= 4 is 22.7 Å². The van der Waals surface area contributed by atoms with Crippen molar-refractivity contribution in [2.45, 2.75) is 38.2 Å². The summed E-state index contributed by atoms with van der Waals surface area (Å²) in [6.07, 6.45) is 3.58. The van der Waals surface area contributed by atoms with Crippen LogP contribution in [0.15, 0.2) is 54.6 Å². The molecule has 0 heterocycles. The van der Waals surface area contributed by atoms with Crippen LogP contribution in [0, 0.1) is 0 Å². The van der Waals surface area contributed by atoms with Crippen molar-refractivity contribution < 1.29 is 19.1 Å². The van der Waals surface area contributed by atoms with Crippen molar-refractivity contribution in [2.75, 3.05) is 6.61 Å². The Morgan fingerprint density at radius 3 is 2.44 bits per heavy atom. The first-order valence-corrected chi connectivity index (χ1v) is 8.54. The maximum absolute atomic E-state index is 12.2. The number of carbonyl (C=O) groups is 2. The van der Waals surface area contributed by atoms with E-state index in [1.165, 1.54) is 0 Å². The molecular formula is C21H22O4. The molecule has 2 aromatic carbocycles. The van der Waals surface area contributed by atoms with E-state index >= 15 is 0 Å². The van der Waals surface area contributed by atoms with Crippen LogP contribution in [-0.4, -0.2) is 18.5 Å². The predicted octanol–water partition coefficient (Wildman–Crippen LogP) is 4.27. The fourth-order valence-corrected chi connectivity index (χ4v) is 3.36. The van der Waals surface area contributed by atoms with Crippen LogP contribution in [0.25, 0.3) is 10.8 Å². The van der Waals surface area contributed by atoms with E-state index in [0.717, 1.165) is 42.0 Å². The van der Waals surface area contributed by atoms with Crippen LogP contribution in [0.3, 0.4) is 0 Å². The van der Waals surface area contributed by atoms with Gasteiger partial charge in [-0.3, -0.25) is 0 Å². The Hall–Kier alpha value is -2.62. The number of ether oxygens (including phenoxy) is 2. The Morgan fingerprint density at radius 2 is 1.76 bits per heavy atom. The maximum atomic E-state index is 12.2. The Labute approximate surface area is 147 Å². The molecular weight excluding hydrogens is 316 g/mol. The van der Waals surface area contributed by atoms with Crippen LogP contribution < -0.4 is 0 Å². The van der Waals surface area contributed by atoms with Crippen LogP contribution in [0.2, 0.25) is 0 Å². The molecule has 1 fully saturated rings. The van der Waals surface area contributed by atoms with E-state index in [1.807, 2.05) is 18.2 Å². The zero-order valence-corrected chi connectivity index (χ0v) is 14.4. The summed E-state index contributed by atoms with van der Waals surface area (Å²) in [6, 6.07) is 14.3. The number of rotatable bonds is 5. The van der Waals surface area contributed by atoms with Crippen LogP contribution in [0.1, 0.15) is 38.2 Å². The van der Waals surface area contributed by atoms with E-state index in [0.29, 0.717) is 0 Å². The third-order valence-corrected chi connectivity index (χ3v) is 4.67. The monoisotopic (exact) mass is 338 g/mol. The minimum Gasteiger partial charge on any atom is -0.452 e. The standard InChI is InChI=1S/C21H22O4/c1-15(2)20(23)24-14-19(22)25-21(11-5-6-12-21)18-10-9-16-7-3-4-8-17(16)13-18/h3-4,7-10,13H,1,5-6,11-12,14H2,2H3. The Balaban J connectivity index is 1.79. The molecule has 0 atom stereocenters. The van der Waals surface area contributed by atoms with Gasteiger partial charge in [-0.25, -0.2) is 9.59 Å². The minimum atomic E-state index is -0.628. The molecule has 0 aliphatic heterocycles. The van der Waals surface area contributed by atoms with Gasteiger partial charge in [0.2, 0.25) is 0 Å². The summed E-state index contributed by atoms with van der Waals surface area (Å²) >= 11 is 0. The van der Waals surface area contributed by atoms with Crippen molar-refractivity contribution in [3.63, 3.8) is 0 Å². The molecule has 4 nitrogen and oxygen atoms in total. The van der Waals surface area contributed by atoms with Crippen LogP contribution in [0.4, 0.5) is 0 Å². The summed E-state index contributed by atoms with van der Waals surface area (Å²) < 4.78 is 10.7. The van der Waals surface area contributed by atoms with Crippen molar-refractivity contribution in [3.8, 4) is 0 Å². The molecule has 2 aromatic rings. The summed E-state index contributed by atoms with van der Waals surface area (Å²) in [7, 11) is 0. The zero-order chi connectivity index (χ0) is 17.9. The van der Waals surface area contributed by atoms with Gasteiger partial charge in [0.25, 0.3) is 0 Å². The fourth-order valence-electron chi connectivity index (χ4n) is 3.36. The first-order valence-electron chi connectivity index (χ1n) is 8.54. The molecule has 0 aromatic heterocycles. The number of fused-ring (bicyclic) bond motifs is 1. The highest BCUT2D eigenvalue weighted by Gasteiger charge is 2.39. The second-order valence-electron chi connectivity index (χ2n) is 6.59. The second kappa shape index (κ2) is 7.09. The third kappa shape index (κ3) is 3.73. The SMILES string of the molecule is C=C(C)C(=O)OCC(=O)OC1(c2ccc3ccccc3c2)CCCC1. The summed E-state index contributed by atoms with van der Waals surface area (Å²) in [5.74, 6) is -1.10. The lowest BCUT2D eigenvalue weighted by molar-refractivity contribution is -0.169. The molecule has 0 amide bonds. The highest BCUT2D eigenvalue weighted by Crippen LogP contribution is 2.43. The molecule has 0 bridgehead atoms. The smallest absolute Gasteiger partial charge is 0.345 e. The molecule has 0 radical (unpaired) electrons. The van der Waals surface area contributed by atoms with E-state index in [1.54, 1.807) is 6.92 Å². The average molecular weight is 338 g/mol. The number of hydrogen-bond acceptors (Lipinski definition) is 4. The van der Waals surface area contributed by atoms with E-state index < -0.39 is 17.5 Å². The summed E-state index contributed by atoms with van der Waals surface area (Å²) in [6.45, 7) is 4.65. The molecule has 4 heteroatoms. The maximum Gasteiger partial charge on any atom is 0.345 e. The van der Waals surface area contributed by atoms with E-state index in [9.17, 15) is 9.59 Å². The Bertz CT molecular complexity index is 816. The van der Waals surface area contributed by atoms with Crippen LogP contribution in [-0.2, 0) is 24.7 Å². The van der Waals surface area contributed by atoms with E-state index in [2.05, 4.69) is 30.8 Å². The average Bonchev–Trinajstić information content (AvgIpc) is 3.08. The summed E-state index contributed by atoms with van der Waals surface area (Å²) in [5, 5.41) is 2.28. The minimum absolute atomic E-state index is 0.262. The van der Waals surface area contributed by atoms with E-state index in [-0.39, 0.29) is 12.2 Å². The van der Waals surface area contributed by atoms with Crippen molar-refractivity contribution in [2.24, 2.45) is 0 Å². The van der Waals surface area contributed by atoms with Gasteiger partial charge in [-0.2, -0.15) is 0 Å². The van der Waals surface area contributed by atoms with Gasteiger partial charge in [0, 0.05) is 5.57 Å². The van der Waals surface area contributed by atoms with E-state index in [4.69, 9.17) is 9.47 Å².